The Morgan fingerprint density at radius 2 is 1.90 bits per heavy atom. The minimum atomic E-state index is -0.0398. The first-order valence-electron chi connectivity index (χ1n) is 11.0. The van der Waals surface area contributed by atoms with Crippen molar-refractivity contribution in [3.8, 4) is 11.5 Å². The zero-order valence-electron chi connectivity index (χ0n) is 18.5. The van der Waals surface area contributed by atoms with Gasteiger partial charge in [0.25, 0.3) is 5.89 Å². The second-order valence-corrected chi connectivity index (χ2v) is 8.72. The summed E-state index contributed by atoms with van der Waals surface area (Å²) in [7, 11) is 0. The van der Waals surface area contributed by atoms with Gasteiger partial charge in [-0.3, -0.25) is 9.69 Å². The van der Waals surface area contributed by atoms with Crippen molar-refractivity contribution in [3.63, 3.8) is 0 Å². The normalized spacial score (nSPS) is 17.1. The first kappa shape index (κ1) is 21.2. The van der Waals surface area contributed by atoms with Gasteiger partial charge < -0.3 is 9.84 Å². The van der Waals surface area contributed by atoms with Gasteiger partial charge in [-0.1, -0.05) is 48.8 Å². The maximum atomic E-state index is 12.8. The number of piperidine rings is 1. The lowest BCUT2D eigenvalue weighted by Gasteiger charge is -2.31. The molecule has 1 N–H and O–H groups in total. The number of carbonyl (C=O) groups excluding carboxylic acids is 1. The summed E-state index contributed by atoms with van der Waals surface area (Å²) in [6.45, 7) is 8.59. The lowest BCUT2D eigenvalue weighted by atomic mass is 9.97. The number of hydrogen-bond donors (Lipinski definition) is 1. The number of likely N-dealkylation sites (tertiary alicyclic amines) is 1. The summed E-state index contributed by atoms with van der Waals surface area (Å²) in [5.41, 5.74) is 4.24. The van der Waals surface area contributed by atoms with Gasteiger partial charge in [0.05, 0.1) is 12.5 Å². The average molecular weight is 419 g/mol. The van der Waals surface area contributed by atoms with Crippen LogP contribution in [0.4, 0.5) is 5.69 Å². The fourth-order valence-corrected chi connectivity index (χ4v) is 3.94. The van der Waals surface area contributed by atoms with Crippen LogP contribution in [-0.4, -0.2) is 34.0 Å². The molecule has 6 heteroatoms. The molecule has 0 aliphatic carbocycles. The number of aryl methyl sites for hydroxylation is 1. The Kier molecular flexibility index (Phi) is 6.47. The van der Waals surface area contributed by atoms with Gasteiger partial charge in [-0.2, -0.15) is 4.98 Å². The van der Waals surface area contributed by atoms with Crippen LogP contribution < -0.4 is 5.32 Å². The first-order valence-corrected chi connectivity index (χ1v) is 11.0. The van der Waals surface area contributed by atoms with Gasteiger partial charge in [0.1, 0.15) is 0 Å². The molecule has 1 fully saturated rings. The summed E-state index contributed by atoms with van der Waals surface area (Å²) in [5, 5.41) is 7.22. The first-order chi connectivity index (χ1) is 15.0. The molecule has 1 aliphatic heterocycles. The van der Waals surface area contributed by atoms with E-state index in [4.69, 9.17) is 4.52 Å². The topological polar surface area (TPSA) is 71.3 Å². The molecule has 1 atom stereocenters. The highest BCUT2D eigenvalue weighted by Crippen LogP contribution is 2.23. The molecule has 2 aromatic carbocycles. The van der Waals surface area contributed by atoms with E-state index in [0.717, 1.165) is 30.6 Å². The molecule has 162 valence electrons. The minimum absolute atomic E-state index is 0.0398. The molecule has 0 spiro atoms. The maximum absolute atomic E-state index is 12.8. The van der Waals surface area contributed by atoms with E-state index in [1.54, 1.807) is 0 Å². The lowest BCUT2D eigenvalue weighted by molar-refractivity contribution is -0.121. The predicted molar refractivity (Wildman–Crippen MR) is 122 cm³/mol. The molecule has 0 unspecified atom stereocenters. The third-order valence-electron chi connectivity index (χ3n) is 5.85. The van der Waals surface area contributed by atoms with Crippen molar-refractivity contribution in [1.82, 2.24) is 15.0 Å². The SMILES string of the molecule is Cc1ccc(-c2nc(CN3CCC[C@H](C(=O)Nc4ccc(C(C)C)cc4)C3)no2)cc1. The number of benzene rings is 2. The molecule has 0 radical (unpaired) electrons. The molecular weight excluding hydrogens is 388 g/mol. The number of hydrogen-bond acceptors (Lipinski definition) is 5. The van der Waals surface area contributed by atoms with Gasteiger partial charge >= 0.3 is 0 Å². The smallest absolute Gasteiger partial charge is 0.257 e. The Bertz CT molecular complexity index is 1010. The van der Waals surface area contributed by atoms with Crippen molar-refractivity contribution in [2.75, 3.05) is 18.4 Å². The molecule has 2 heterocycles. The number of anilines is 1. The van der Waals surface area contributed by atoms with Crippen LogP contribution in [0.3, 0.4) is 0 Å². The molecule has 1 aliphatic rings. The van der Waals surface area contributed by atoms with Gasteiger partial charge in [-0.25, -0.2) is 0 Å². The monoisotopic (exact) mass is 418 g/mol. The molecule has 0 bridgehead atoms. The molecule has 4 rings (SSSR count). The van der Waals surface area contributed by atoms with Crippen molar-refractivity contribution >= 4 is 11.6 Å². The van der Waals surface area contributed by atoms with Crippen LogP contribution in [0.25, 0.3) is 11.5 Å². The number of aromatic nitrogens is 2. The van der Waals surface area contributed by atoms with E-state index < -0.39 is 0 Å². The zero-order valence-corrected chi connectivity index (χ0v) is 18.5. The third-order valence-corrected chi connectivity index (χ3v) is 5.85. The summed E-state index contributed by atoms with van der Waals surface area (Å²) >= 11 is 0. The van der Waals surface area contributed by atoms with Crippen LogP contribution in [0.15, 0.2) is 53.1 Å². The third kappa shape index (κ3) is 5.39. The van der Waals surface area contributed by atoms with E-state index in [1.807, 2.05) is 43.3 Å². The number of rotatable bonds is 6. The van der Waals surface area contributed by atoms with E-state index >= 15 is 0 Å². The van der Waals surface area contributed by atoms with Crippen LogP contribution >= 0.6 is 0 Å². The van der Waals surface area contributed by atoms with Crippen molar-refractivity contribution < 1.29 is 9.32 Å². The van der Waals surface area contributed by atoms with Crippen molar-refractivity contribution in [3.05, 3.63) is 65.5 Å². The Balaban J connectivity index is 1.34. The molecule has 6 nitrogen and oxygen atoms in total. The Morgan fingerprint density at radius 1 is 1.16 bits per heavy atom. The van der Waals surface area contributed by atoms with Crippen molar-refractivity contribution in [1.29, 1.82) is 0 Å². The summed E-state index contributed by atoms with van der Waals surface area (Å²) in [6, 6.07) is 16.2. The summed E-state index contributed by atoms with van der Waals surface area (Å²) < 4.78 is 5.44. The predicted octanol–water partition coefficient (Wildman–Crippen LogP) is 5.02. The fourth-order valence-electron chi connectivity index (χ4n) is 3.94. The second-order valence-electron chi connectivity index (χ2n) is 8.72. The molecule has 1 aromatic heterocycles. The van der Waals surface area contributed by atoms with Gasteiger partial charge in [-0.05, 0) is 62.1 Å². The fraction of sp³-hybridized carbons (Fsp3) is 0.400. The van der Waals surface area contributed by atoms with E-state index in [0.29, 0.717) is 30.7 Å². The highest BCUT2D eigenvalue weighted by molar-refractivity contribution is 5.92. The van der Waals surface area contributed by atoms with Crippen LogP contribution in [-0.2, 0) is 11.3 Å². The summed E-state index contributed by atoms with van der Waals surface area (Å²) in [6.07, 6.45) is 1.88. The highest BCUT2D eigenvalue weighted by Gasteiger charge is 2.27. The van der Waals surface area contributed by atoms with Gasteiger partial charge in [0.2, 0.25) is 5.91 Å². The number of nitrogens with one attached hydrogen (secondary N) is 1. The summed E-state index contributed by atoms with van der Waals surface area (Å²) in [4.78, 5) is 19.6. The van der Waals surface area contributed by atoms with Crippen LogP contribution in [0.5, 0.6) is 0 Å². The number of carbonyl (C=O) groups is 1. The molecular formula is C25H30N4O2. The highest BCUT2D eigenvalue weighted by atomic mass is 16.5. The van der Waals surface area contributed by atoms with Crippen LogP contribution in [0, 0.1) is 12.8 Å². The number of nitrogens with zero attached hydrogens (tertiary/aromatic N) is 3. The van der Waals surface area contributed by atoms with E-state index in [2.05, 4.69) is 46.3 Å². The van der Waals surface area contributed by atoms with Gasteiger partial charge in [0.15, 0.2) is 5.82 Å². The zero-order chi connectivity index (χ0) is 21.8. The van der Waals surface area contributed by atoms with Crippen LogP contribution in [0.1, 0.15) is 49.6 Å². The Morgan fingerprint density at radius 3 is 2.61 bits per heavy atom. The average Bonchev–Trinajstić information content (AvgIpc) is 3.23. The Hall–Kier alpha value is -2.99. The number of amides is 1. The maximum Gasteiger partial charge on any atom is 0.257 e. The Labute approximate surface area is 183 Å². The molecule has 31 heavy (non-hydrogen) atoms. The molecule has 3 aromatic rings. The van der Waals surface area contributed by atoms with Gasteiger partial charge in [-0.15, -0.1) is 0 Å². The lowest BCUT2D eigenvalue weighted by Crippen LogP contribution is -2.40. The van der Waals surface area contributed by atoms with Crippen molar-refractivity contribution in [2.24, 2.45) is 5.92 Å². The van der Waals surface area contributed by atoms with E-state index in [9.17, 15) is 4.79 Å². The molecule has 1 amide bonds. The van der Waals surface area contributed by atoms with Crippen molar-refractivity contribution in [2.45, 2.75) is 46.1 Å². The standard InChI is InChI=1S/C25H30N4O2/c1-17(2)19-10-12-22(13-11-19)26-24(30)21-5-4-14-29(15-21)16-23-27-25(31-28-23)20-8-6-18(3)7-9-20/h6-13,17,21H,4-5,14-16H2,1-3H3,(H,26,30)/t21-/m0/s1. The second kappa shape index (κ2) is 9.43. The minimum Gasteiger partial charge on any atom is -0.334 e. The van der Waals surface area contributed by atoms with Crippen LogP contribution in [0.2, 0.25) is 0 Å². The van der Waals surface area contributed by atoms with E-state index in [-0.39, 0.29) is 11.8 Å². The quantitative estimate of drug-likeness (QED) is 0.609. The van der Waals surface area contributed by atoms with Gasteiger partial charge in [0, 0.05) is 17.8 Å². The largest absolute Gasteiger partial charge is 0.334 e. The van der Waals surface area contributed by atoms with E-state index in [1.165, 1.54) is 11.1 Å². The molecule has 0 saturated carbocycles. The molecule has 1 saturated heterocycles. The summed E-state index contributed by atoms with van der Waals surface area (Å²) in [5.74, 6) is 1.71.